The second-order valence-electron chi connectivity index (χ2n) is 3.91. The van der Waals surface area contributed by atoms with Crippen LogP contribution in [0.2, 0.25) is 0 Å². The van der Waals surface area contributed by atoms with Gasteiger partial charge in [-0.2, -0.15) is 0 Å². The zero-order valence-electron chi connectivity index (χ0n) is 10.8. The van der Waals surface area contributed by atoms with Crippen molar-refractivity contribution in [3.63, 3.8) is 0 Å². The van der Waals surface area contributed by atoms with E-state index in [1.165, 1.54) is 12.0 Å². The largest absolute Gasteiger partial charge is 0.495 e. The van der Waals surface area contributed by atoms with Crippen LogP contribution in [0.1, 0.15) is 23.7 Å². The molecule has 5 nitrogen and oxygen atoms in total. The van der Waals surface area contributed by atoms with E-state index in [9.17, 15) is 9.59 Å². The number of ketones is 1. The first-order valence-electron chi connectivity index (χ1n) is 5.63. The van der Waals surface area contributed by atoms with Gasteiger partial charge >= 0.3 is 5.97 Å². The number of rotatable bonds is 6. The number of carbonyl (C=O) groups is 2. The molecule has 1 aromatic rings. The summed E-state index contributed by atoms with van der Waals surface area (Å²) in [5.41, 5.74) is 1.16. The van der Waals surface area contributed by atoms with E-state index in [-0.39, 0.29) is 12.3 Å². The molecule has 5 heteroatoms. The maximum Gasteiger partial charge on any atom is 0.323 e. The summed E-state index contributed by atoms with van der Waals surface area (Å²) in [6, 6.07) is 5.02. The summed E-state index contributed by atoms with van der Waals surface area (Å²) in [5, 5.41) is 8.78. The zero-order valence-corrected chi connectivity index (χ0v) is 10.8. The normalized spacial score (nSPS) is 9.94. The van der Waals surface area contributed by atoms with Gasteiger partial charge in [-0.15, -0.1) is 0 Å². The van der Waals surface area contributed by atoms with Crippen LogP contribution in [0.25, 0.3) is 0 Å². The molecular weight excluding hydrogens is 234 g/mol. The first kappa shape index (κ1) is 14.0. The molecule has 0 aliphatic carbocycles. The Balaban J connectivity index is 3.13. The van der Waals surface area contributed by atoms with Crippen LogP contribution in [0.3, 0.4) is 0 Å². The van der Waals surface area contributed by atoms with Crippen molar-refractivity contribution in [1.29, 1.82) is 0 Å². The molecule has 1 rings (SSSR count). The summed E-state index contributed by atoms with van der Waals surface area (Å²) in [5.74, 6) is -0.374. The van der Waals surface area contributed by atoms with E-state index in [0.717, 1.165) is 0 Å². The molecule has 0 atom stereocenters. The smallest absolute Gasteiger partial charge is 0.323 e. The van der Waals surface area contributed by atoms with Gasteiger partial charge < -0.3 is 14.7 Å². The van der Waals surface area contributed by atoms with E-state index >= 15 is 0 Å². The highest BCUT2D eigenvalue weighted by Gasteiger charge is 2.14. The van der Waals surface area contributed by atoms with E-state index in [4.69, 9.17) is 9.84 Å². The highest BCUT2D eigenvalue weighted by atomic mass is 16.5. The number of methoxy groups -OCH3 is 1. The Morgan fingerprint density at radius 2 is 2.06 bits per heavy atom. The fourth-order valence-corrected chi connectivity index (χ4v) is 1.65. The van der Waals surface area contributed by atoms with E-state index in [1.54, 1.807) is 32.2 Å². The predicted octanol–water partition coefficient (Wildman–Crippen LogP) is 1.81. The summed E-state index contributed by atoms with van der Waals surface area (Å²) >= 11 is 0. The Labute approximate surface area is 106 Å². The van der Waals surface area contributed by atoms with Gasteiger partial charge in [-0.25, -0.2) is 0 Å². The lowest BCUT2D eigenvalue weighted by molar-refractivity contribution is -0.135. The zero-order chi connectivity index (χ0) is 13.7. The molecule has 98 valence electrons. The van der Waals surface area contributed by atoms with Crippen molar-refractivity contribution in [2.24, 2.45) is 0 Å². The molecule has 0 unspecified atom stereocenters. The molecule has 18 heavy (non-hydrogen) atoms. The van der Waals surface area contributed by atoms with Gasteiger partial charge in [-0.3, -0.25) is 9.59 Å². The Hall–Kier alpha value is -2.04. The Kier molecular flexibility index (Phi) is 4.71. The van der Waals surface area contributed by atoms with Crippen LogP contribution in [-0.2, 0) is 4.79 Å². The molecule has 0 heterocycles. The molecule has 0 radical (unpaired) electrons. The lowest BCUT2D eigenvalue weighted by Gasteiger charge is -2.20. The number of nitrogens with zero attached hydrogens (tertiary/aromatic N) is 1. The molecule has 0 saturated carbocycles. The van der Waals surface area contributed by atoms with Crippen LogP contribution in [-0.4, -0.2) is 37.6 Å². The van der Waals surface area contributed by atoms with Gasteiger partial charge in [0.05, 0.1) is 12.8 Å². The van der Waals surface area contributed by atoms with Crippen molar-refractivity contribution in [3.05, 3.63) is 23.8 Å². The topological polar surface area (TPSA) is 66.8 Å². The van der Waals surface area contributed by atoms with Crippen LogP contribution in [0.15, 0.2) is 18.2 Å². The number of hydrogen-bond donors (Lipinski definition) is 1. The molecule has 0 spiro atoms. The molecule has 0 saturated heterocycles. The van der Waals surface area contributed by atoms with Crippen LogP contribution in [0, 0.1) is 0 Å². The third-order valence-corrected chi connectivity index (χ3v) is 2.61. The second-order valence-corrected chi connectivity index (χ2v) is 3.91. The van der Waals surface area contributed by atoms with E-state index < -0.39 is 5.97 Å². The number of carboxylic acid groups (broad SMARTS) is 1. The lowest BCUT2D eigenvalue weighted by atomic mass is 10.1. The fourth-order valence-electron chi connectivity index (χ4n) is 1.65. The standard InChI is InChI=1S/C13H17NO4/c1-4-11(15)9-5-6-12(18-3)10(7-9)14(2)8-13(16)17/h5-7H,4,8H2,1-3H3,(H,16,17). The van der Waals surface area contributed by atoms with Crippen LogP contribution in [0.4, 0.5) is 5.69 Å². The fraction of sp³-hybridized carbons (Fsp3) is 0.385. The number of ether oxygens (including phenoxy) is 1. The number of anilines is 1. The molecule has 0 fully saturated rings. The van der Waals surface area contributed by atoms with Crippen molar-refractivity contribution >= 4 is 17.4 Å². The summed E-state index contributed by atoms with van der Waals surface area (Å²) in [7, 11) is 3.15. The number of carbonyl (C=O) groups excluding carboxylic acids is 1. The van der Waals surface area contributed by atoms with Crippen LogP contribution >= 0.6 is 0 Å². The molecule has 1 aromatic carbocycles. The van der Waals surface area contributed by atoms with Crippen molar-refractivity contribution < 1.29 is 19.4 Å². The van der Waals surface area contributed by atoms with Crippen molar-refractivity contribution in [2.75, 3.05) is 25.6 Å². The minimum Gasteiger partial charge on any atom is -0.495 e. The Morgan fingerprint density at radius 1 is 1.39 bits per heavy atom. The second kappa shape index (κ2) is 6.05. The Morgan fingerprint density at radius 3 is 2.56 bits per heavy atom. The molecule has 0 aliphatic rings. The van der Waals surface area contributed by atoms with Crippen LogP contribution in [0.5, 0.6) is 5.75 Å². The number of aliphatic carboxylic acids is 1. The van der Waals surface area contributed by atoms with E-state index in [0.29, 0.717) is 23.4 Å². The first-order chi connectivity index (χ1) is 8.49. The third-order valence-electron chi connectivity index (χ3n) is 2.61. The molecule has 0 amide bonds. The molecular formula is C13H17NO4. The van der Waals surface area contributed by atoms with Gasteiger partial charge in [0.2, 0.25) is 0 Å². The van der Waals surface area contributed by atoms with Crippen molar-refractivity contribution in [3.8, 4) is 5.75 Å². The van der Waals surface area contributed by atoms with Gasteiger partial charge in [0.1, 0.15) is 12.3 Å². The third kappa shape index (κ3) is 3.23. The molecule has 0 aliphatic heterocycles. The maximum atomic E-state index is 11.6. The summed E-state index contributed by atoms with van der Waals surface area (Å²) in [6.45, 7) is 1.63. The predicted molar refractivity (Wildman–Crippen MR) is 68.5 cm³/mol. The number of carboxylic acids is 1. The van der Waals surface area contributed by atoms with Gasteiger partial charge in [0, 0.05) is 19.0 Å². The van der Waals surface area contributed by atoms with E-state index in [2.05, 4.69) is 0 Å². The van der Waals surface area contributed by atoms with Gasteiger partial charge in [-0.05, 0) is 18.2 Å². The lowest BCUT2D eigenvalue weighted by Crippen LogP contribution is -2.25. The number of Topliss-reactive ketones (excluding diaryl/α,β-unsaturated/α-hetero) is 1. The number of benzene rings is 1. The SMILES string of the molecule is CCC(=O)c1ccc(OC)c(N(C)CC(=O)O)c1. The summed E-state index contributed by atoms with van der Waals surface area (Å²) in [6.07, 6.45) is 0.411. The maximum absolute atomic E-state index is 11.6. The highest BCUT2D eigenvalue weighted by molar-refractivity contribution is 5.97. The Bertz CT molecular complexity index is 456. The van der Waals surface area contributed by atoms with Crippen molar-refractivity contribution in [1.82, 2.24) is 0 Å². The highest BCUT2D eigenvalue weighted by Crippen LogP contribution is 2.28. The van der Waals surface area contributed by atoms with Crippen molar-refractivity contribution in [2.45, 2.75) is 13.3 Å². The molecule has 0 aromatic heterocycles. The number of likely N-dealkylation sites (N-methyl/N-ethyl adjacent to an activating group) is 1. The van der Waals surface area contributed by atoms with Gasteiger partial charge in [0.25, 0.3) is 0 Å². The minimum atomic E-state index is -0.938. The average Bonchev–Trinajstić information content (AvgIpc) is 2.36. The average molecular weight is 251 g/mol. The van der Waals surface area contributed by atoms with Gasteiger partial charge in [0.15, 0.2) is 5.78 Å². The number of hydrogen-bond acceptors (Lipinski definition) is 4. The summed E-state index contributed by atoms with van der Waals surface area (Å²) in [4.78, 5) is 23.9. The molecule has 1 N–H and O–H groups in total. The minimum absolute atomic E-state index is 0.0163. The van der Waals surface area contributed by atoms with Gasteiger partial charge in [-0.1, -0.05) is 6.92 Å². The quantitative estimate of drug-likeness (QED) is 0.781. The first-order valence-corrected chi connectivity index (χ1v) is 5.63. The monoisotopic (exact) mass is 251 g/mol. The van der Waals surface area contributed by atoms with Crippen LogP contribution < -0.4 is 9.64 Å². The van der Waals surface area contributed by atoms with E-state index in [1.807, 2.05) is 0 Å². The summed E-state index contributed by atoms with van der Waals surface area (Å²) < 4.78 is 5.17. The molecule has 0 bridgehead atoms.